The molecule has 0 aromatic heterocycles. The van der Waals surface area contributed by atoms with Crippen molar-refractivity contribution in [2.75, 3.05) is 13.2 Å². The molecule has 0 saturated carbocycles. The van der Waals surface area contributed by atoms with Gasteiger partial charge in [0.25, 0.3) is 0 Å². The van der Waals surface area contributed by atoms with Crippen LogP contribution in [0.2, 0.25) is 0 Å². The number of hydrogen-bond acceptors (Lipinski definition) is 6. The van der Waals surface area contributed by atoms with Gasteiger partial charge in [0, 0.05) is 19.3 Å². The smallest absolute Gasteiger partial charge is 0.306 e. The molecule has 1 atom stereocenters. The van der Waals surface area contributed by atoms with Crippen molar-refractivity contribution in [3.63, 3.8) is 0 Å². The van der Waals surface area contributed by atoms with E-state index >= 15 is 0 Å². The van der Waals surface area contributed by atoms with E-state index < -0.39 is 6.10 Å². The Kier molecular flexibility index (Phi) is 44.8. The number of rotatable bonds is 46. The minimum absolute atomic E-state index is 0.0626. The quantitative estimate of drug-likeness (QED) is 0.0347. The molecule has 0 rings (SSSR count). The van der Waals surface area contributed by atoms with Crippen molar-refractivity contribution in [2.45, 2.75) is 290 Å². The fourth-order valence-electron chi connectivity index (χ4n) is 7.56. The van der Waals surface area contributed by atoms with E-state index in [-0.39, 0.29) is 31.1 Å². The molecule has 0 aliphatic rings. The van der Waals surface area contributed by atoms with Gasteiger partial charge in [0.1, 0.15) is 13.2 Å². The zero-order valence-electron chi connectivity index (χ0n) is 37.9. The van der Waals surface area contributed by atoms with Crippen LogP contribution in [0.3, 0.4) is 0 Å². The molecule has 0 aromatic carbocycles. The predicted octanol–water partition coefficient (Wildman–Crippen LogP) is 16.0. The van der Waals surface area contributed by atoms with Gasteiger partial charge in [0.05, 0.1) is 0 Å². The first-order valence-corrected chi connectivity index (χ1v) is 25.0. The molecule has 0 saturated heterocycles. The Morgan fingerprint density at radius 2 is 0.482 bits per heavy atom. The lowest BCUT2D eigenvalue weighted by Crippen LogP contribution is -2.30. The molecule has 6 nitrogen and oxygen atoms in total. The molecule has 332 valence electrons. The Morgan fingerprint density at radius 3 is 0.714 bits per heavy atom. The second-order valence-corrected chi connectivity index (χ2v) is 17.1. The lowest BCUT2D eigenvalue weighted by molar-refractivity contribution is -0.167. The lowest BCUT2D eigenvalue weighted by atomic mass is 10.0. The first kappa shape index (κ1) is 54.4. The number of unbranched alkanes of at least 4 members (excludes halogenated alkanes) is 35. The van der Waals surface area contributed by atoms with Gasteiger partial charge < -0.3 is 14.2 Å². The van der Waals surface area contributed by atoms with Gasteiger partial charge >= 0.3 is 17.9 Å². The van der Waals surface area contributed by atoms with Crippen molar-refractivity contribution < 1.29 is 28.6 Å². The van der Waals surface area contributed by atoms with Crippen LogP contribution in [0.15, 0.2) is 0 Å². The number of carbonyl (C=O) groups is 3. The zero-order chi connectivity index (χ0) is 40.8. The average Bonchev–Trinajstić information content (AvgIpc) is 3.19. The highest BCUT2D eigenvalue weighted by molar-refractivity contribution is 5.71. The fourth-order valence-corrected chi connectivity index (χ4v) is 7.56. The Hall–Kier alpha value is -1.59. The minimum atomic E-state index is -0.758. The normalized spacial score (nSPS) is 11.8. The minimum Gasteiger partial charge on any atom is -0.462 e. The maximum atomic E-state index is 12.7. The van der Waals surface area contributed by atoms with Crippen LogP contribution in [-0.2, 0) is 28.6 Å². The second kappa shape index (κ2) is 46.1. The zero-order valence-corrected chi connectivity index (χ0v) is 37.9. The molecular weight excluding hydrogens is 697 g/mol. The maximum Gasteiger partial charge on any atom is 0.306 e. The van der Waals surface area contributed by atoms with E-state index in [1.54, 1.807) is 0 Å². The van der Waals surface area contributed by atoms with Crippen LogP contribution < -0.4 is 0 Å². The third kappa shape index (κ3) is 43.5. The predicted molar refractivity (Wildman–Crippen MR) is 238 cm³/mol. The molecule has 0 aromatic rings. The number of ether oxygens (including phenoxy) is 3. The second-order valence-electron chi connectivity index (χ2n) is 17.1. The first-order valence-electron chi connectivity index (χ1n) is 25.0. The van der Waals surface area contributed by atoms with Crippen molar-refractivity contribution in [1.29, 1.82) is 0 Å². The summed E-state index contributed by atoms with van der Waals surface area (Å²) in [7, 11) is 0. The van der Waals surface area contributed by atoms with Gasteiger partial charge in [-0.2, -0.15) is 0 Å². The molecule has 0 aliphatic carbocycles. The highest BCUT2D eigenvalue weighted by Crippen LogP contribution is 2.17. The van der Waals surface area contributed by atoms with Gasteiger partial charge in [-0.05, 0) is 19.3 Å². The molecule has 0 unspecified atom stereocenters. The summed E-state index contributed by atoms with van der Waals surface area (Å²) in [6.45, 7) is 6.63. The molecule has 56 heavy (non-hydrogen) atoms. The summed E-state index contributed by atoms with van der Waals surface area (Å²) >= 11 is 0. The topological polar surface area (TPSA) is 78.9 Å². The Morgan fingerprint density at radius 1 is 0.286 bits per heavy atom. The highest BCUT2D eigenvalue weighted by Gasteiger charge is 2.19. The van der Waals surface area contributed by atoms with Crippen molar-refractivity contribution in [3.8, 4) is 0 Å². The van der Waals surface area contributed by atoms with Crippen LogP contribution in [0.4, 0.5) is 0 Å². The van der Waals surface area contributed by atoms with Gasteiger partial charge in [0.2, 0.25) is 0 Å². The molecule has 0 fully saturated rings. The molecule has 0 spiro atoms. The van der Waals surface area contributed by atoms with Crippen molar-refractivity contribution in [2.24, 2.45) is 0 Å². The van der Waals surface area contributed by atoms with Crippen LogP contribution in [0.25, 0.3) is 0 Å². The van der Waals surface area contributed by atoms with Gasteiger partial charge in [0.15, 0.2) is 6.10 Å². The largest absolute Gasteiger partial charge is 0.462 e. The Labute approximate surface area is 348 Å². The van der Waals surface area contributed by atoms with E-state index in [2.05, 4.69) is 20.8 Å². The van der Waals surface area contributed by atoms with Crippen molar-refractivity contribution in [1.82, 2.24) is 0 Å². The summed E-state index contributed by atoms with van der Waals surface area (Å²) in [6, 6.07) is 0. The van der Waals surface area contributed by atoms with E-state index in [4.69, 9.17) is 14.2 Å². The van der Waals surface area contributed by atoms with Gasteiger partial charge in [-0.3, -0.25) is 14.4 Å². The average molecular weight is 793 g/mol. The number of hydrogen-bond donors (Lipinski definition) is 0. The summed E-state index contributed by atoms with van der Waals surface area (Å²) in [5, 5.41) is 0. The van der Waals surface area contributed by atoms with Crippen molar-refractivity contribution >= 4 is 17.9 Å². The van der Waals surface area contributed by atoms with Gasteiger partial charge in [-0.15, -0.1) is 0 Å². The van der Waals surface area contributed by atoms with E-state index in [0.717, 1.165) is 57.8 Å². The van der Waals surface area contributed by atoms with Crippen molar-refractivity contribution in [3.05, 3.63) is 0 Å². The van der Waals surface area contributed by atoms with Gasteiger partial charge in [-0.25, -0.2) is 0 Å². The molecule has 0 bridgehead atoms. The van der Waals surface area contributed by atoms with E-state index in [1.165, 1.54) is 186 Å². The van der Waals surface area contributed by atoms with Crippen LogP contribution in [-0.4, -0.2) is 37.2 Å². The summed E-state index contributed by atoms with van der Waals surface area (Å²) in [5.74, 6) is -0.851. The Balaban J connectivity index is 4.19. The van der Waals surface area contributed by atoms with Crippen LogP contribution in [0, 0.1) is 0 Å². The molecule has 0 N–H and O–H groups in total. The lowest BCUT2D eigenvalue weighted by Gasteiger charge is -2.18. The molecule has 0 amide bonds. The summed E-state index contributed by atoms with van der Waals surface area (Å²) in [4.78, 5) is 37.7. The molecular formula is C50H96O6. The molecule has 6 heteroatoms. The first-order chi connectivity index (χ1) is 27.5. The van der Waals surface area contributed by atoms with Crippen LogP contribution in [0.5, 0.6) is 0 Å². The third-order valence-electron chi connectivity index (χ3n) is 11.4. The monoisotopic (exact) mass is 793 g/mol. The highest BCUT2D eigenvalue weighted by atomic mass is 16.6. The summed E-state index contributed by atoms with van der Waals surface area (Å²) in [6.07, 6.45) is 48.1. The standard InChI is InChI=1S/C50H96O6/c1-4-7-10-13-16-18-20-22-23-24-25-26-28-30-32-35-38-41-44-50(53)56-47(45-54-48(51)42-39-36-33-15-12-9-6-3)46-55-49(52)43-40-37-34-31-29-27-21-19-17-14-11-8-5-2/h47H,4-46H2,1-3H3/t47-/m1/s1. The fraction of sp³-hybridized carbons (Fsp3) is 0.940. The van der Waals surface area contributed by atoms with Gasteiger partial charge in [-0.1, -0.05) is 245 Å². The molecule has 0 aliphatic heterocycles. The van der Waals surface area contributed by atoms with E-state index in [9.17, 15) is 14.4 Å². The van der Waals surface area contributed by atoms with Crippen LogP contribution >= 0.6 is 0 Å². The number of esters is 3. The maximum absolute atomic E-state index is 12.7. The number of carbonyl (C=O) groups excluding carboxylic acids is 3. The summed E-state index contributed by atoms with van der Waals surface area (Å²) in [5.41, 5.74) is 0. The Bertz CT molecular complexity index is 828. The molecule has 0 radical (unpaired) electrons. The van der Waals surface area contributed by atoms with Crippen LogP contribution in [0.1, 0.15) is 284 Å². The SMILES string of the molecule is CCCCCCCCCCCCCCCCCCCCC(=O)O[C@H](COC(=O)CCCCCCCCC)COC(=O)CCCCCCCCCCCCCCC. The summed E-state index contributed by atoms with van der Waals surface area (Å²) < 4.78 is 16.7. The van der Waals surface area contributed by atoms with E-state index in [0.29, 0.717) is 19.3 Å². The third-order valence-corrected chi connectivity index (χ3v) is 11.4. The van der Waals surface area contributed by atoms with E-state index in [1.807, 2.05) is 0 Å². The molecule has 0 heterocycles.